The van der Waals surface area contributed by atoms with Crippen LogP contribution in [0.5, 0.6) is 0 Å². The first-order valence-corrected chi connectivity index (χ1v) is 7.61. The number of nitrogens with one attached hydrogen (secondary N) is 1. The number of methoxy groups -OCH3 is 1. The van der Waals surface area contributed by atoms with E-state index in [1.807, 2.05) is 6.07 Å². The van der Waals surface area contributed by atoms with Crippen LogP contribution >= 0.6 is 11.6 Å². The maximum atomic E-state index is 12.7. The van der Waals surface area contributed by atoms with Gasteiger partial charge in [-0.25, -0.2) is 0 Å². The van der Waals surface area contributed by atoms with Gasteiger partial charge in [-0.05, 0) is 23.6 Å². The summed E-state index contributed by atoms with van der Waals surface area (Å²) in [4.78, 5) is 30.4. The second-order valence-corrected chi connectivity index (χ2v) is 5.76. The number of fused-ring (bicyclic) bond motifs is 1. The van der Waals surface area contributed by atoms with Gasteiger partial charge < -0.3 is 15.0 Å². The molecule has 23 heavy (non-hydrogen) atoms. The van der Waals surface area contributed by atoms with Crippen molar-refractivity contribution in [2.75, 3.05) is 26.8 Å². The van der Waals surface area contributed by atoms with Crippen LogP contribution in [0.4, 0.5) is 0 Å². The van der Waals surface area contributed by atoms with Gasteiger partial charge in [0.15, 0.2) is 0 Å². The highest BCUT2D eigenvalue weighted by molar-refractivity contribution is 6.31. The molecule has 7 heteroatoms. The second-order valence-electron chi connectivity index (χ2n) is 5.32. The van der Waals surface area contributed by atoms with Crippen LogP contribution in [-0.4, -0.2) is 54.5 Å². The summed E-state index contributed by atoms with van der Waals surface area (Å²) in [5.74, 6) is -0.488. The molecule has 2 amide bonds. The zero-order valence-corrected chi connectivity index (χ0v) is 13.3. The normalized spacial score (nSPS) is 18.1. The number of hydrogen-bond donors (Lipinski definition) is 1. The van der Waals surface area contributed by atoms with E-state index in [0.29, 0.717) is 23.8 Å². The third-order valence-electron chi connectivity index (χ3n) is 3.82. The molecule has 0 aliphatic carbocycles. The highest BCUT2D eigenvalue weighted by atomic mass is 35.5. The van der Waals surface area contributed by atoms with Crippen molar-refractivity contribution in [3.63, 3.8) is 0 Å². The van der Waals surface area contributed by atoms with Crippen molar-refractivity contribution in [1.82, 2.24) is 15.2 Å². The molecule has 1 fully saturated rings. The van der Waals surface area contributed by atoms with Gasteiger partial charge in [-0.15, -0.1) is 0 Å². The minimum absolute atomic E-state index is 0.154. The highest BCUT2D eigenvalue weighted by Crippen LogP contribution is 2.20. The fourth-order valence-electron chi connectivity index (χ4n) is 2.66. The predicted molar refractivity (Wildman–Crippen MR) is 86.5 cm³/mol. The fourth-order valence-corrected chi connectivity index (χ4v) is 2.84. The maximum Gasteiger partial charge on any atom is 0.273 e. The van der Waals surface area contributed by atoms with Crippen LogP contribution < -0.4 is 5.32 Å². The molecule has 0 bridgehead atoms. The van der Waals surface area contributed by atoms with Gasteiger partial charge in [-0.2, -0.15) is 0 Å². The van der Waals surface area contributed by atoms with E-state index in [0.717, 1.165) is 10.8 Å². The fraction of sp³-hybridized carbons (Fsp3) is 0.312. The average molecular weight is 334 g/mol. The number of rotatable bonds is 3. The van der Waals surface area contributed by atoms with E-state index in [2.05, 4.69) is 10.3 Å². The van der Waals surface area contributed by atoms with E-state index in [4.69, 9.17) is 16.3 Å². The van der Waals surface area contributed by atoms with E-state index < -0.39 is 6.04 Å². The lowest BCUT2D eigenvalue weighted by Gasteiger charge is -2.34. The smallest absolute Gasteiger partial charge is 0.273 e. The van der Waals surface area contributed by atoms with Gasteiger partial charge in [-0.3, -0.25) is 14.6 Å². The molecule has 1 aliphatic rings. The molecule has 3 rings (SSSR count). The zero-order chi connectivity index (χ0) is 16.4. The standard InChI is InChI=1S/C16H16ClN3O3/c1-23-9-14-15(21)18-4-5-20(14)16(22)13-7-10-2-3-12(17)6-11(10)8-19-13/h2-3,6-8,14H,4-5,9H2,1H3,(H,18,21). The van der Waals surface area contributed by atoms with Crippen LogP contribution in [0.1, 0.15) is 10.5 Å². The summed E-state index contributed by atoms with van der Waals surface area (Å²) in [5, 5.41) is 5.09. The van der Waals surface area contributed by atoms with Crippen molar-refractivity contribution in [3.8, 4) is 0 Å². The molecule has 1 aliphatic heterocycles. The molecule has 0 radical (unpaired) electrons. The molecular weight excluding hydrogens is 318 g/mol. The lowest BCUT2D eigenvalue weighted by Crippen LogP contribution is -2.59. The first-order valence-electron chi connectivity index (χ1n) is 7.23. The Kier molecular flexibility index (Phi) is 4.45. The van der Waals surface area contributed by atoms with Crippen LogP contribution in [-0.2, 0) is 9.53 Å². The Morgan fingerprint density at radius 2 is 2.26 bits per heavy atom. The van der Waals surface area contributed by atoms with Gasteiger partial charge in [-0.1, -0.05) is 17.7 Å². The molecule has 2 heterocycles. The average Bonchev–Trinajstić information content (AvgIpc) is 2.55. The summed E-state index contributed by atoms with van der Waals surface area (Å²) >= 11 is 5.95. The van der Waals surface area contributed by atoms with Crippen molar-refractivity contribution >= 4 is 34.2 Å². The third kappa shape index (κ3) is 3.13. The number of halogens is 1. The van der Waals surface area contributed by atoms with Crippen LogP contribution in [0.2, 0.25) is 5.02 Å². The number of benzene rings is 1. The molecule has 0 spiro atoms. The summed E-state index contributed by atoms with van der Waals surface area (Å²) in [6, 6.07) is 6.47. The third-order valence-corrected chi connectivity index (χ3v) is 4.05. The zero-order valence-electron chi connectivity index (χ0n) is 12.6. The van der Waals surface area contributed by atoms with Gasteiger partial charge in [0.2, 0.25) is 5.91 Å². The van der Waals surface area contributed by atoms with Crippen molar-refractivity contribution in [2.45, 2.75) is 6.04 Å². The number of nitrogens with zero attached hydrogens (tertiary/aromatic N) is 2. The van der Waals surface area contributed by atoms with Gasteiger partial charge >= 0.3 is 0 Å². The van der Waals surface area contributed by atoms with Gasteiger partial charge in [0.05, 0.1) is 6.61 Å². The molecule has 1 aromatic carbocycles. The molecule has 1 saturated heterocycles. The number of pyridine rings is 1. The van der Waals surface area contributed by atoms with Gasteiger partial charge in [0, 0.05) is 36.8 Å². The van der Waals surface area contributed by atoms with E-state index in [1.165, 1.54) is 12.0 Å². The summed E-state index contributed by atoms with van der Waals surface area (Å²) in [6.45, 7) is 1.01. The number of amides is 2. The maximum absolute atomic E-state index is 12.7. The monoisotopic (exact) mass is 333 g/mol. The Balaban J connectivity index is 1.92. The Morgan fingerprint density at radius 3 is 3.04 bits per heavy atom. The van der Waals surface area contributed by atoms with Gasteiger partial charge in [0.25, 0.3) is 5.91 Å². The predicted octanol–water partition coefficient (Wildman–Crippen LogP) is 1.48. The quantitative estimate of drug-likeness (QED) is 0.923. The number of carbonyl (C=O) groups is 2. The Labute approximate surface area is 138 Å². The SMILES string of the molecule is COCC1C(=O)NCCN1C(=O)c1cc2ccc(Cl)cc2cn1. The van der Waals surface area contributed by atoms with Crippen molar-refractivity contribution in [1.29, 1.82) is 0 Å². The largest absolute Gasteiger partial charge is 0.382 e. The van der Waals surface area contributed by atoms with Crippen molar-refractivity contribution in [3.05, 3.63) is 41.2 Å². The van der Waals surface area contributed by atoms with E-state index in [-0.39, 0.29) is 18.4 Å². The Hall–Kier alpha value is -2.18. The molecule has 1 aromatic heterocycles. The highest BCUT2D eigenvalue weighted by Gasteiger charge is 2.34. The van der Waals surface area contributed by atoms with Crippen molar-refractivity contribution < 1.29 is 14.3 Å². The molecule has 1 unspecified atom stereocenters. The Morgan fingerprint density at radius 1 is 1.43 bits per heavy atom. The lowest BCUT2D eigenvalue weighted by molar-refractivity contribution is -0.129. The summed E-state index contributed by atoms with van der Waals surface area (Å²) < 4.78 is 5.06. The summed E-state index contributed by atoms with van der Waals surface area (Å²) in [7, 11) is 1.50. The second kappa shape index (κ2) is 6.52. The summed E-state index contributed by atoms with van der Waals surface area (Å²) in [6.07, 6.45) is 1.61. The minimum atomic E-state index is -0.635. The first kappa shape index (κ1) is 15.7. The van der Waals surface area contributed by atoms with Crippen LogP contribution in [0.25, 0.3) is 10.8 Å². The molecule has 6 nitrogen and oxygen atoms in total. The number of aromatic nitrogens is 1. The molecular formula is C16H16ClN3O3. The number of carbonyl (C=O) groups excluding carboxylic acids is 2. The molecule has 1 N–H and O–H groups in total. The Bertz CT molecular complexity index is 765. The van der Waals surface area contributed by atoms with E-state index in [9.17, 15) is 9.59 Å². The number of piperazine rings is 1. The van der Waals surface area contributed by atoms with Crippen LogP contribution in [0.3, 0.4) is 0 Å². The molecule has 120 valence electrons. The van der Waals surface area contributed by atoms with Gasteiger partial charge in [0.1, 0.15) is 11.7 Å². The molecule has 2 aromatic rings. The van der Waals surface area contributed by atoms with E-state index >= 15 is 0 Å². The number of ether oxygens (including phenoxy) is 1. The lowest BCUT2D eigenvalue weighted by atomic mass is 10.1. The molecule has 1 atom stereocenters. The minimum Gasteiger partial charge on any atom is -0.382 e. The number of hydrogen-bond acceptors (Lipinski definition) is 4. The van der Waals surface area contributed by atoms with Crippen LogP contribution in [0.15, 0.2) is 30.5 Å². The summed E-state index contributed by atoms with van der Waals surface area (Å²) in [5.41, 5.74) is 0.302. The first-order chi connectivity index (χ1) is 11.1. The van der Waals surface area contributed by atoms with Crippen molar-refractivity contribution in [2.24, 2.45) is 0 Å². The topological polar surface area (TPSA) is 71.5 Å². The molecule has 0 saturated carbocycles. The van der Waals surface area contributed by atoms with Crippen LogP contribution in [0, 0.1) is 0 Å². The van der Waals surface area contributed by atoms with E-state index in [1.54, 1.807) is 24.4 Å².